The zero-order valence-electron chi connectivity index (χ0n) is 10.5. The van der Waals surface area contributed by atoms with Crippen molar-refractivity contribution in [2.24, 2.45) is 5.92 Å². The molecule has 2 atom stereocenters. The summed E-state index contributed by atoms with van der Waals surface area (Å²) in [7, 11) is 1.86. The van der Waals surface area contributed by atoms with E-state index in [1.807, 2.05) is 13.3 Å². The lowest BCUT2D eigenvalue weighted by molar-refractivity contribution is 0.417. The van der Waals surface area contributed by atoms with Gasteiger partial charge in [-0.05, 0) is 43.0 Å². The quantitative estimate of drug-likeness (QED) is 0.842. The van der Waals surface area contributed by atoms with E-state index >= 15 is 0 Å². The van der Waals surface area contributed by atoms with Crippen LogP contribution in [0.15, 0.2) is 18.2 Å². The van der Waals surface area contributed by atoms with Crippen LogP contribution in [0.3, 0.4) is 0 Å². The zero-order chi connectivity index (χ0) is 12.8. The molecule has 0 radical (unpaired) electrons. The van der Waals surface area contributed by atoms with Crippen molar-refractivity contribution in [3.63, 3.8) is 0 Å². The van der Waals surface area contributed by atoms with Crippen molar-refractivity contribution in [1.82, 2.24) is 5.32 Å². The van der Waals surface area contributed by atoms with E-state index in [-0.39, 0.29) is 6.04 Å². The highest BCUT2D eigenvalue weighted by atomic mass is 32.2. The third-order valence-corrected chi connectivity index (χ3v) is 3.82. The zero-order valence-corrected chi connectivity index (χ0v) is 11.3. The van der Waals surface area contributed by atoms with Crippen LogP contribution in [0.2, 0.25) is 0 Å². The second kappa shape index (κ2) is 6.97. The lowest BCUT2D eigenvalue weighted by Crippen LogP contribution is -2.35. The number of hydrogen-bond donors (Lipinski definition) is 1. The number of halogens is 2. The molecule has 1 nitrogen and oxygen atoms in total. The van der Waals surface area contributed by atoms with Crippen LogP contribution in [-0.2, 0) is 6.42 Å². The molecule has 0 heterocycles. The Bertz CT molecular complexity index is 357. The van der Waals surface area contributed by atoms with Gasteiger partial charge in [0, 0.05) is 6.04 Å². The first-order valence-electron chi connectivity index (χ1n) is 5.69. The predicted molar refractivity (Wildman–Crippen MR) is 70.5 cm³/mol. The largest absolute Gasteiger partial charge is 0.316 e. The molecule has 0 aliphatic rings. The first-order chi connectivity index (χ1) is 8.10. The standard InChI is InChI=1S/C13H19F2NS/c1-9(8-17-3)12(16-2)7-10-5-4-6-11(14)13(10)15/h4-6,9,12,16H,7-8H2,1-3H3. The second-order valence-corrected chi connectivity index (χ2v) is 5.16. The summed E-state index contributed by atoms with van der Waals surface area (Å²) in [6, 6.07) is 4.52. The molecule has 0 aliphatic heterocycles. The molecule has 0 saturated carbocycles. The molecule has 0 fully saturated rings. The lowest BCUT2D eigenvalue weighted by atomic mass is 9.96. The fourth-order valence-electron chi connectivity index (χ4n) is 1.91. The van der Waals surface area contributed by atoms with E-state index < -0.39 is 11.6 Å². The van der Waals surface area contributed by atoms with Crippen LogP contribution in [0.1, 0.15) is 12.5 Å². The van der Waals surface area contributed by atoms with E-state index in [1.54, 1.807) is 23.9 Å². The Balaban J connectivity index is 2.77. The molecular formula is C13H19F2NS. The van der Waals surface area contributed by atoms with Gasteiger partial charge in [-0.1, -0.05) is 19.1 Å². The maximum Gasteiger partial charge on any atom is 0.162 e. The van der Waals surface area contributed by atoms with Gasteiger partial charge in [-0.15, -0.1) is 0 Å². The molecule has 0 aliphatic carbocycles. The van der Waals surface area contributed by atoms with Gasteiger partial charge in [-0.2, -0.15) is 11.8 Å². The van der Waals surface area contributed by atoms with E-state index in [1.165, 1.54) is 0 Å². The molecule has 0 spiro atoms. The van der Waals surface area contributed by atoms with E-state index in [0.29, 0.717) is 17.9 Å². The Morgan fingerprint density at radius 1 is 1.35 bits per heavy atom. The van der Waals surface area contributed by atoms with Gasteiger partial charge in [0.15, 0.2) is 11.6 Å². The van der Waals surface area contributed by atoms with Crippen LogP contribution in [0.25, 0.3) is 0 Å². The average Bonchev–Trinajstić information content (AvgIpc) is 2.31. The minimum absolute atomic E-state index is 0.166. The van der Waals surface area contributed by atoms with Crippen molar-refractivity contribution in [3.8, 4) is 0 Å². The van der Waals surface area contributed by atoms with Gasteiger partial charge in [0.2, 0.25) is 0 Å². The van der Waals surface area contributed by atoms with Gasteiger partial charge in [0.1, 0.15) is 0 Å². The number of likely N-dealkylation sites (N-methyl/N-ethyl adjacent to an activating group) is 1. The molecule has 17 heavy (non-hydrogen) atoms. The Morgan fingerprint density at radius 3 is 2.65 bits per heavy atom. The summed E-state index contributed by atoms with van der Waals surface area (Å²) in [5.41, 5.74) is 0.442. The summed E-state index contributed by atoms with van der Waals surface area (Å²) in [5, 5.41) is 3.18. The summed E-state index contributed by atoms with van der Waals surface area (Å²) in [6.45, 7) is 2.12. The number of hydrogen-bond acceptors (Lipinski definition) is 2. The first-order valence-corrected chi connectivity index (χ1v) is 7.08. The molecule has 1 rings (SSSR count). The minimum atomic E-state index is -0.769. The summed E-state index contributed by atoms with van der Waals surface area (Å²) in [4.78, 5) is 0. The van der Waals surface area contributed by atoms with E-state index in [2.05, 4.69) is 12.2 Å². The Hall–Kier alpha value is -0.610. The summed E-state index contributed by atoms with van der Waals surface area (Å²) in [5.74, 6) is -0.0701. The molecule has 1 aromatic carbocycles. The predicted octanol–water partition coefficient (Wildman–Crippen LogP) is 3.09. The Labute approximate surface area is 106 Å². The number of benzene rings is 1. The molecular weight excluding hydrogens is 240 g/mol. The Kier molecular flexibility index (Phi) is 5.92. The van der Waals surface area contributed by atoms with Gasteiger partial charge in [0.05, 0.1) is 0 Å². The van der Waals surface area contributed by atoms with Gasteiger partial charge in [0.25, 0.3) is 0 Å². The van der Waals surface area contributed by atoms with E-state index in [4.69, 9.17) is 0 Å². The van der Waals surface area contributed by atoms with Gasteiger partial charge in [-0.3, -0.25) is 0 Å². The molecule has 0 bridgehead atoms. The van der Waals surface area contributed by atoms with Crippen molar-refractivity contribution in [2.45, 2.75) is 19.4 Å². The lowest BCUT2D eigenvalue weighted by Gasteiger charge is -2.23. The third kappa shape index (κ3) is 3.96. The summed E-state index contributed by atoms with van der Waals surface area (Å²) in [6.07, 6.45) is 2.56. The van der Waals surface area contributed by atoms with E-state index in [9.17, 15) is 8.78 Å². The maximum atomic E-state index is 13.5. The number of thioether (sulfide) groups is 1. The van der Waals surface area contributed by atoms with Crippen LogP contribution in [0, 0.1) is 17.6 Å². The van der Waals surface area contributed by atoms with Crippen molar-refractivity contribution in [3.05, 3.63) is 35.4 Å². The maximum absolute atomic E-state index is 13.5. The Morgan fingerprint density at radius 2 is 2.06 bits per heavy atom. The molecule has 1 N–H and O–H groups in total. The monoisotopic (exact) mass is 259 g/mol. The van der Waals surface area contributed by atoms with Crippen LogP contribution >= 0.6 is 11.8 Å². The third-order valence-electron chi connectivity index (χ3n) is 2.96. The molecule has 0 saturated heterocycles. The fraction of sp³-hybridized carbons (Fsp3) is 0.538. The molecule has 4 heteroatoms. The van der Waals surface area contributed by atoms with Gasteiger partial charge >= 0.3 is 0 Å². The second-order valence-electron chi connectivity index (χ2n) is 4.24. The van der Waals surface area contributed by atoms with Crippen LogP contribution in [-0.4, -0.2) is 25.1 Å². The summed E-state index contributed by atoms with van der Waals surface area (Å²) < 4.78 is 26.6. The highest BCUT2D eigenvalue weighted by molar-refractivity contribution is 7.98. The normalized spacial score (nSPS) is 14.6. The van der Waals surface area contributed by atoms with Crippen molar-refractivity contribution in [1.29, 1.82) is 0 Å². The smallest absolute Gasteiger partial charge is 0.162 e. The molecule has 96 valence electrons. The van der Waals surface area contributed by atoms with Crippen molar-refractivity contribution >= 4 is 11.8 Å². The number of rotatable bonds is 6. The van der Waals surface area contributed by atoms with E-state index in [0.717, 1.165) is 11.8 Å². The average molecular weight is 259 g/mol. The number of nitrogens with one attached hydrogen (secondary N) is 1. The fourth-order valence-corrected chi connectivity index (χ4v) is 2.67. The van der Waals surface area contributed by atoms with Crippen LogP contribution in [0.4, 0.5) is 8.78 Å². The van der Waals surface area contributed by atoms with Crippen LogP contribution in [0.5, 0.6) is 0 Å². The first kappa shape index (κ1) is 14.5. The van der Waals surface area contributed by atoms with Crippen LogP contribution < -0.4 is 5.32 Å². The SMILES string of the molecule is CNC(Cc1cccc(F)c1F)C(C)CSC. The molecule has 2 unspecified atom stereocenters. The molecule has 0 aromatic heterocycles. The topological polar surface area (TPSA) is 12.0 Å². The van der Waals surface area contributed by atoms with Crippen molar-refractivity contribution in [2.75, 3.05) is 19.1 Å². The highest BCUT2D eigenvalue weighted by Gasteiger charge is 2.18. The minimum Gasteiger partial charge on any atom is -0.316 e. The summed E-state index contributed by atoms with van der Waals surface area (Å²) >= 11 is 1.76. The molecule has 1 aromatic rings. The molecule has 0 amide bonds. The highest BCUT2D eigenvalue weighted by Crippen LogP contribution is 2.18. The van der Waals surface area contributed by atoms with Gasteiger partial charge in [-0.25, -0.2) is 8.78 Å². The van der Waals surface area contributed by atoms with Crippen molar-refractivity contribution < 1.29 is 8.78 Å². The van der Waals surface area contributed by atoms with Gasteiger partial charge < -0.3 is 5.32 Å².